The molecule has 0 aliphatic heterocycles. The van der Waals surface area contributed by atoms with E-state index in [9.17, 15) is 18.1 Å². The SMILES string of the molecule is CS(=O)(=O)C1CCCC1(C#N)Nc1ccc(F)cc1. The molecule has 1 fully saturated rings. The van der Waals surface area contributed by atoms with Gasteiger partial charge in [0.25, 0.3) is 0 Å². The minimum Gasteiger partial charge on any atom is -0.366 e. The number of hydrogen-bond acceptors (Lipinski definition) is 4. The van der Waals surface area contributed by atoms with Crippen LogP contribution in [0.5, 0.6) is 0 Å². The zero-order chi connectivity index (χ0) is 14.1. The van der Waals surface area contributed by atoms with Crippen molar-refractivity contribution < 1.29 is 12.8 Å². The summed E-state index contributed by atoms with van der Waals surface area (Å²) in [5.41, 5.74) is -0.565. The second-order valence-electron chi connectivity index (χ2n) is 4.93. The van der Waals surface area contributed by atoms with Crippen molar-refractivity contribution in [1.82, 2.24) is 0 Å². The zero-order valence-electron chi connectivity index (χ0n) is 10.6. The van der Waals surface area contributed by atoms with E-state index in [4.69, 9.17) is 0 Å². The number of rotatable bonds is 3. The van der Waals surface area contributed by atoms with E-state index in [1.807, 2.05) is 0 Å². The largest absolute Gasteiger partial charge is 0.366 e. The molecular formula is C13H15FN2O2S. The van der Waals surface area contributed by atoms with Crippen molar-refractivity contribution in [3.05, 3.63) is 30.1 Å². The molecule has 0 radical (unpaired) electrons. The molecule has 2 unspecified atom stereocenters. The molecule has 0 amide bonds. The van der Waals surface area contributed by atoms with Crippen molar-refractivity contribution in [1.29, 1.82) is 5.26 Å². The highest BCUT2D eigenvalue weighted by Crippen LogP contribution is 2.37. The quantitative estimate of drug-likeness (QED) is 0.921. The first-order chi connectivity index (χ1) is 8.87. The predicted octanol–water partition coefficient (Wildman–Crippen LogP) is 2.10. The van der Waals surface area contributed by atoms with Crippen LogP contribution >= 0.6 is 0 Å². The van der Waals surface area contributed by atoms with E-state index < -0.39 is 20.6 Å². The Labute approximate surface area is 112 Å². The number of benzene rings is 1. The highest BCUT2D eigenvalue weighted by atomic mass is 32.2. The molecule has 1 aromatic rings. The average Bonchev–Trinajstić information content (AvgIpc) is 2.76. The van der Waals surface area contributed by atoms with Crippen LogP contribution in [-0.2, 0) is 9.84 Å². The molecule has 2 atom stereocenters. The van der Waals surface area contributed by atoms with Crippen molar-refractivity contribution in [2.45, 2.75) is 30.1 Å². The number of halogens is 1. The smallest absolute Gasteiger partial charge is 0.153 e. The Balaban J connectivity index is 2.33. The minimum absolute atomic E-state index is 0.373. The third-order valence-corrected chi connectivity index (χ3v) is 5.19. The molecule has 2 rings (SSSR count). The van der Waals surface area contributed by atoms with Gasteiger partial charge >= 0.3 is 0 Å². The summed E-state index contributed by atoms with van der Waals surface area (Å²) in [5, 5.41) is 11.7. The molecule has 0 heterocycles. The lowest BCUT2D eigenvalue weighted by atomic mass is 9.99. The highest BCUT2D eigenvalue weighted by Gasteiger charge is 2.48. The van der Waals surface area contributed by atoms with E-state index in [1.165, 1.54) is 24.3 Å². The van der Waals surface area contributed by atoms with Crippen molar-refractivity contribution in [2.24, 2.45) is 0 Å². The van der Waals surface area contributed by atoms with Crippen LogP contribution in [0, 0.1) is 17.1 Å². The number of sulfone groups is 1. The molecule has 4 nitrogen and oxygen atoms in total. The second kappa shape index (κ2) is 4.82. The first kappa shape index (κ1) is 13.8. The molecule has 1 aliphatic carbocycles. The Morgan fingerprint density at radius 3 is 2.58 bits per heavy atom. The van der Waals surface area contributed by atoms with Gasteiger partial charge in [-0.05, 0) is 43.5 Å². The number of nitrogens with one attached hydrogen (secondary N) is 1. The van der Waals surface area contributed by atoms with Crippen LogP contribution in [0.4, 0.5) is 10.1 Å². The molecule has 102 valence electrons. The van der Waals surface area contributed by atoms with E-state index in [2.05, 4.69) is 11.4 Å². The van der Waals surface area contributed by atoms with Crippen molar-refractivity contribution >= 4 is 15.5 Å². The van der Waals surface area contributed by atoms with Gasteiger partial charge in [-0.25, -0.2) is 12.8 Å². The van der Waals surface area contributed by atoms with Gasteiger partial charge in [0.1, 0.15) is 11.4 Å². The van der Waals surface area contributed by atoms with Gasteiger partial charge in [0.15, 0.2) is 9.84 Å². The van der Waals surface area contributed by atoms with Gasteiger partial charge in [-0.15, -0.1) is 0 Å². The number of anilines is 1. The van der Waals surface area contributed by atoms with Crippen LogP contribution in [0.3, 0.4) is 0 Å². The Kier molecular flexibility index (Phi) is 3.50. The summed E-state index contributed by atoms with van der Waals surface area (Å²) >= 11 is 0. The lowest BCUT2D eigenvalue weighted by molar-refractivity contribution is 0.551. The molecule has 0 aromatic heterocycles. The average molecular weight is 282 g/mol. The monoisotopic (exact) mass is 282 g/mol. The summed E-state index contributed by atoms with van der Waals surface area (Å²) in [6.07, 6.45) is 2.78. The fourth-order valence-corrected chi connectivity index (χ4v) is 4.20. The number of nitrogens with zero attached hydrogens (tertiary/aromatic N) is 1. The van der Waals surface area contributed by atoms with Gasteiger partial charge in [-0.3, -0.25) is 0 Å². The van der Waals surface area contributed by atoms with Crippen molar-refractivity contribution in [3.8, 4) is 6.07 Å². The molecular weight excluding hydrogens is 267 g/mol. The topological polar surface area (TPSA) is 70.0 Å². The van der Waals surface area contributed by atoms with Crippen LogP contribution in [-0.4, -0.2) is 25.5 Å². The van der Waals surface area contributed by atoms with Gasteiger partial charge in [-0.2, -0.15) is 5.26 Å². The summed E-state index contributed by atoms with van der Waals surface area (Å²) in [7, 11) is -3.31. The highest BCUT2D eigenvalue weighted by molar-refractivity contribution is 7.91. The third-order valence-electron chi connectivity index (χ3n) is 3.52. The summed E-state index contributed by atoms with van der Waals surface area (Å²) in [6, 6.07) is 7.68. The third kappa shape index (κ3) is 2.71. The van der Waals surface area contributed by atoms with Crippen LogP contribution in [0.25, 0.3) is 0 Å². The number of hydrogen-bond donors (Lipinski definition) is 1. The summed E-state index contributed by atoms with van der Waals surface area (Å²) in [4.78, 5) is 0. The van der Waals surface area contributed by atoms with Crippen LogP contribution < -0.4 is 5.32 Å². The summed E-state index contributed by atoms with van der Waals surface area (Å²) in [5.74, 6) is -0.373. The molecule has 19 heavy (non-hydrogen) atoms. The van der Waals surface area contributed by atoms with E-state index >= 15 is 0 Å². The molecule has 1 aromatic carbocycles. The van der Waals surface area contributed by atoms with Gasteiger partial charge in [0, 0.05) is 11.9 Å². The van der Waals surface area contributed by atoms with Gasteiger partial charge in [0.05, 0.1) is 11.3 Å². The van der Waals surface area contributed by atoms with Crippen LogP contribution in [0.15, 0.2) is 24.3 Å². The van der Waals surface area contributed by atoms with E-state index in [0.717, 1.165) is 6.26 Å². The first-order valence-electron chi connectivity index (χ1n) is 6.01. The number of nitriles is 1. The van der Waals surface area contributed by atoms with Gasteiger partial charge in [0.2, 0.25) is 0 Å². The predicted molar refractivity (Wildman–Crippen MR) is 70.8 cm³/mol. The maximum Gasteiger partial charge on any atom is 0.153 e. The van der Waals surface area contributed by atoms with Crippen molar-refractivity contribution in [2.75, 3.05) is 11.6 Å². The molecule has 0 saturated heterocycles. The van der Waals surface area contributed by atoms with Crippen LogP contribution in [0.2, 0.25) is 0 Å². The molecule has 6 heteroatoms. The van der Waals surface area contributed by atoms with Crippen LogP contribution in [0.1, 0.15) is 19.3 Å². The standard InChI is InChI=1S/C13H15FN2O2S/c1-19(17,18)12-3-2-8-13(12,9-15)16-11-6-4-10(14)5-7-11/h4-7,12,16H,2-3,8H2,1H3. The molecule has 1 N–H and O–H groups in total. The minimum atomic E-state index is -3.31. The Bertz CT molecular complexity index is 607. The van der Waals surface area contributed by atoms with Crippen molar-refractivity contribution in [3.63, 3.8) is 0 Å². The maximum absolute atomic E-state index is 12.9. The van der Waals surface area contributed by atoms with E-state index in [1.54, 1.807) is 0 Å². The molecule has 0 bridgehead atoms. The molecule has 1 saturated carbocycles. The zero-order valence-corrected chi connectivity index (χ0v) is 11.4. The fraction of sp³-hybridized carbons (Fsp3) is 0.462. The lowest BCUT2D eigenvalue weighted by Crippen LogP contribution is -2.47. The van der Waals surface area contributed by atoms with Gasteiger partial charge in [-0.1, -0.05) is 0 Å². The normalized spacial score (nSPS) is 26.9. The molecule has 1 aliphatic rings. The van der Waals surface area contributed by atoms with E-state index in [0.29, 0.717) is 24.9 Å². The summed E-state index contributed by atoms with van der Waals surface area (Å²) < 4.78 is 36.5. The lowest BCUT2D eigenvalue weighted by Gasteiger charge is -2.29. The van der Waals surface area contributed by atoms with E-state index in [-0.39, 0.29) is 5.82 Å². The Morgan fingerprint density at radius 2 is 2.05 bits per heavy atom. The first-order valence-corrected chi connectivity index (χ1v) is 7.97. The summed E-state index contributed by atoms with van der Waals surface area (Å²) in [6.45, 7) is 0. The second-order valence-corrected chi connectivity index (χ2v) is 7.15. The fourth-order valence-electron chi connectivity index (χ4n) is 2.64. The molecule has 0 spiro atoms. The maximum atomic E-state index is 12.9. The van der Waals surface area contributed by atoms with Gasteiger partial charge < -0.3 is 5.32 Å². The Morgan fingerprint density at radius 1 is 1.42 bits per heavy atom. The Hall–Kier alpha value is -1.61.